The Morgan fingerprint density at radius 1 is 1.19 bits per heavy atom. The summed E-state index contributed by atoms with van der Waals surface area (Å²) in [6.07, 6.45) is -4.55. The van der Waals surface area contributed by atoms with Gasteiger partial charge in [0.25, 0.3) is 0 Å². The number of aryl methyl sites for hydroxylation is 1. The van der Waals surface area contributed by atoms with Crippen LogP contribution in [0.2, 0.25) is 0 Å². The predicted octanol–water partition coefficient (Wildman–Crippen LogP) is 4.25. The van der Waals surface area contributed by atoms with Crippen LogP contribution in [0.5, 0.6) is 5.75 Å². The third-order valence-corrected chi connectivity index (χ3v) is 4.02. The number of carbonyl (C=O) groups excluding carboxylic acids is 1. The standard InChI is InChI=1S/C19H19F3O4/c1-26-18(25)14-6-2-4-12(10-14)16(23)7-3-5-13-11-15(19(20,21)22)8-9-17(13)24/h2,4,6,8-11,16,23-24H,3,5,7H2,1H3. The van der Waals surface area contributed by atoms with E-state index >= 15 is 0 Å². The number of hydrogen-bond acceptors (Lipinski definition) is 4. The molecular weight excluding hydrogens is 349 g/mol. The summed E-state index contributed by atoms with van der Waals surface area (Å²) in [6.45, 7) is 0. The lowest BCUT2D eigenvalue weighted by molar-refractivity contribution is -0.137. The number of hydrogen-bond donors (Lipinski definition) is 2. The summed E-state index contributed by atoms with van der Waals surface area (Å²) >= 11 is 0. The molecule has 0 aliphatic carbocycles. The van der Waals surface area contributed by atoms with Gasteiger partial charge in [-0.2, -0.15) is 13.2 Å². The van der Waals surface area contributed by atoms with Crippen molar-refractivity contribution in [1.82, 2.24) is 0 Å². The molecule has 26 heavy (non-hydrogen) atoms. The fraction of sp³-hybridized carbons (Fsp3) is 0.316. The third kappa shape index (κ3) is 4.98. The summed E-state index contributed by atoms with van der Waals surface area (Å²) in [6, 6.07) is 9.10. The molecule has 4 nitrogen and oxygen atoms in total. The molecule has 0 bridgehead atoms. The second kappa shape index (κ2) is 8.23. The van der Waals surface area contributed by atoms with Crippen molar-refractivity contribution in [2.75, 3.05) is 7.11 Å². The van der Waals surface area contributed by atoms with E-state index in [1.54, 1.807) is 18.2 Å². The lowest BCUT2D eigenvalue weighted by atomic mass is 9.98. The Balaban J connectivity index is 2.01. The molecule has 7 heteroatoms. The summed E-state index contributed by atoms with van der Waals surface area (Å²) in [5.74, 6) is -0.729. The van der Waals surface area contributed by atoms with Crippen molar-refractivity contribution in [3.8, 4) is 5.75 Å². The number of carbonyl (C=O) groups is 1. The number of phenolic OH excluding ortho intramolecular Hbond substituents is 1. The van der Waals surface area contributed by atoms with E-state index in [2.05, 4.69) is 4.74 Å². The van der Waals surface area contributed by atoms with Crippen LogP contribution in [0.25, 0.3) is 0 Å². The highest BCUT2D eigenvalue weighted by molar-refractivity contribution is 5.89. The molecule has 2 N–H and O–H groups in total. The number of methoxy groups -OCH3 is 1. The summed E-state index contributed by atoms with van der Waals surface area (Å²) < 4.78 is 42.9. The summed E-state index contributed by atoms with van der Waals surface area (Å²) in [7, 11) is 1.26. The summed E-state index contributed by atoms with van der Waals surface area (Å²) in [4.78, 5) is 11.5. The predicted molar refractivity (Wildman–Crippen MR) is 88.8 cm³/mol. The highest BCUT2D eigenvalue weighted by atomic mass is 19.4. The maximum atomic E-state index is 12.7. The normalized spacial score (nSPS) is 12.7. The fourth-order valence-electron chi connectivity index (χ4n) is 2.61. The first kappa shape index (κ1) is 19.8. The number of aromatic hydroxyl groups is 1. The van der Waals surface area contributed by atoms with Gasteiger partial charge in [0.2, 0.25) is 0 Å². The molecule has 0 radical (unpaired) electrons. The van der Waals surface area contributed by atoms with Crippen LogP contribution in [-0.4, -0.2) is 23.3 Å². The molecular formula is C19H19F3O4. The fourth-order valence-corrected chi connectivity index (χ4v) is 2.61. The molecule has 0 heterocycles. The minimum absolute atomic E-state index is 0.176. The topological polar surface area (TPSA) is 66.8 Å². The molecule has 1 atom stereocenters. The van der Waals surface area contributed by atoms with Crippen LogP contribution in [0.4, 0.5) is 13.2 Å². The first-order valence-electron chi connectivity index (χ1n) is 7.98. The van der Waals surface area contributed by atoms with Crippen molar-refractivity contribution in [3.05, 3.63) is 64.7 Å². The van der Waals surface area contributed by atoms with Crippen LogP contribution in [-0.2, 0) is 17.3 Å². The molecule has 0 spiro atoms. The molecule has 0 aliphatic heterocycles. The Labute approximate surface area is 148 Å². The van der Waals surface area contributed by atoms with Gasteiger partial charge in [-0.25, -0.2) is 4.79 Å². The largest absolute Gasteiger partial charge is 0.508 e. The van der Waals surface area contributed by atoms with E-state index in [1.165, 1.54) is 13.2 Å². The van der Waals surface area contributed by atoms with Gasteiger partial charge in [0, 0.05) is 0 Å². The SMILES string of the molecule is COC(=O)c1cccc(C(O)CCCc2cc(C(F)(F)F)ccc2O)c1. The van der Waals surface area contributed by atoms with Crippen LogP contribution in [0.15, 0.2) is 42.5 Å². The Hall–Kier alpha value is -2.54. The average molecular weight is 368 g/mol. The van der Waals surface area contributed by atoms with E-state index in [0.717, 1.165) is 18.2 Å². The zero-order chi connectivity index (χ0) is 19.3. The lowest BCUT2D eigenvalue weighted by Gasteiger charge is -2.13. The molecule has 0 aliphatic rings. The van der Waals surface area contributed by atoms with Gasteiger partial charge < -0.3 is 14.9 Å². The Morgan fingerprint density at radius 3 is 2.58 bits per heavy atom. The van der Waals surface area contributed by atoms with Gasteiger partial charge in [-0.1, -0.05) is 12.1 Å². The molecule has 2 aromatic rings. The average Bonchev–Trinajstić information content (AvgIpc) is 2.61. The number of benzene rings is 2. The Bertz CT molecular complexity index is 772. The Morgan fingerprint density at radius 2 is 1.92 bits per heavy atom. The maximum Gasteiger partial charge on any atom is 0.416 e. The second-order valence-electron chi connectivity index (χ2n) is 5.87. The number of rotatable bonds is 6. The molecule has 0 saturated carbocycles. The van der Waals surface area contributed by atoms with E-state index in [0.29, 0.717) is 17.5 Å². The second-order valence-corrected chi connectivity index (χ2v) is 5.87. The van der Waals surface area contributed by atoms with Crippen LogP contribution < -0.4 is 0 Å². The number of halogens is 3. The van der Waals surface area contributed by atoms with Crippen molar-refractivity contribution in [2.24, 2.45) is 0 Å². The molecule has 0 amide bonds. The minimum atomic E-state index is -4.48. The van der Waals surface area contributed by atoms with Crippen molar-refractivity contribution in [1.29, 1.82) is 0 Å². The number of phenols is 1. The monoisotopic (exact) mass is 368 g/mol. The summed E-state index contributed by atoms with van der Waals surface area (Å²) in [5.41, 5.74) is 0.174. The van der Waals surface area contributed by atoms with Crippen molar-refractivity contribution >= 4 is 5.97 Å². The molecule has 0 aromatic heterocycles. The van der Waals surface area contributed by atoms with Gasteiger partial charge in [-0.3, -0.25) is 0 Å². The summed E-state index contributed by atoms with van der Waals surface area (Å²) in [5, 5.41) is 20.0. The first-order valence-corrected chi connectivity index (χ1v) is 7.98. The molecule has 0 fully saturated rings. The zero-order valence-corrected chi connectivity index (χ0v) is 14.1. The molecule has 2 rings (SSSR count). The third-order valence-electron chi connectivity index (χ3n) is 4.02. The van der Waals surface area contributed by atoms with Crippen molar-refractivity contribution in [2.45, 2.75) is 31.5 Å². The minimum Gasteiger partial charge on any atom is -0.508 e. The zero-order valence-electron chi connectivity index (χ0n) is 14.1. The van der Waals surface area contributed by atoms with Gasteiger partial charge in [-0.05, 0) is 60.7 Å². The maximum absolute atomic E-state index is 12.7. The van der Waals surface area contributed by atoms with Crippen molar-refractivity contribution < 1.29 is 32.9 Å². The number of aliphatic hydroxyl groups is 1. The van der Waals surface area contributed by atoms with Gasteiger partial charge in [-0.15, -0.1) is 0 Å². The smallest absolute Gasteiger partial charge is 0.416 e. The van der Waals surface area contributed by atoms with Gasteiger partial charge in [0.1, 0.15) is 5.75 Å². The van der Waals surface area contributed by atoms with E-state index < -0.39 is 23.8 Å². The van der Waals surface area contributed by atoms with Gasteiger partial charge in [0.15, 0.2) is 0 Å². The van der Waals surface area contributed by atoms with Crippen molar-refractivity contribution in [3.63, 3.8) is 0 Å². The van der Waals surface area contributed by atoms with Gasteiger partial charge in [0.05, 0.1) is 24.3 Å². The number of aliphatic hydroxyl groups excluding tert-OH is 1. The molecule has 2 aromatic carbocycles. The molecule has 1 unspecified atom stereocenters. The van der Waals surface area contributed by atoms with Gasteiger partial charge >= 0.3 is 12.1 Å². The number of alkyl halides is 3. The Kier molecular flexibility index (Phi) is 6.26. The van der Waals surface area contributed by atoms with E-state index in [4.69, 9.17) is 0 Å². The van der Waals surface area contributed by atoms with Crippen LogP contribution >= 0.6 is 0 Å². The highest BCUT2D eigenvalue weighted by Gasteiger charge is 2.30. The molecule has 140 valence electrons. The van der Waals surface area contributed by atoms with Crippen LogP contribution in [0, 0.1) is 0 Å². The van der Waals surface area contributed by atoms with E-state index in [9.17, 15) is 28.2 Å². The highest BCUT2D eigenvalue weighted by Crippen LogP contribution is 2.33. The van der Waals surface area contributed by atoms with E-state index in [1.807, 2.05) is 0 Å². The van der Waals surface area contributed by atoms with E-state index in [-0.39, 0.29) is 24.2 Å². The number of esters is 1. The quantitative estimate of drug-likeness (QED) is 0.748. The van der Waals surface area contributed by atoms with Crippen LogP contribution in [0.1, 0.15) is 46.0 Å². The molecule has 0 saturated heterocycles. The van der Waals surface area contributed by atoms with Crippen LogP contribution in [0.3, 0.4) is 0 Å². The number of ether oxygens (including phenoxy) is 1. The first-order chi connectivity index (χ1) is 12.2. The lowest BCUT2D eigenvalue weighted by Crippen LogP contribution is -2.06.